The number of rotatable bonds is 0. The van der Waals surface area contributed by atoms with Gasteiger partial charge in [0.25, 0.3) is 0 Å². The zero-order valence-electron chi connectivity index (χ0n) is 14.8. The first-order valence-corrected chi connectivity index (χ1v) is 7.11. The number of hydrogen-bond donors (Lipinski definition) is 0. The fourth-order valence-electron chi connectivity index (χ4n) is 1.50. The second-order valence-electron chi connectivity index (χ2n) is 4.17. The first kappa shape index (κ1) is 31.5. The van der Waals surface area contributed by atoms with Gasteiger partial charge in [-0.1, -0.05) is 35.4 Å². The predicted octanol–water partition coefficient (Wildman–Crippen LogP) is 4.19. The van der Waals surface area contributed by atoms with E-state index >= 15 is 0 Å². The van der Waals surface area contributed by atoms with Crippen molar-refractivity contribution < 1.29 is 31.2 Å². The van der Waals surface area contributed by atoms with E-state index in [4.69, 9.17) is 33.3 Å². The van der Waals surface area contributed by atoms with E-state index in [0.717, 1.165) is 22.5 Å². The smallest absolute Gasteiger partial charge is 2.00 e. The van der Waals surface area contributed by atoms with Gasteiger partial charge in [-0.05, 0) is 38.0 Å². The largest absolute Gasteiger partial charge is 2.00 e. The third kappa shape index (κ3) is 16.6. The summed E-state index contributed by atoms with van der Waals surface area (Å²) >= 11 is 4.79. The minimum atomic E-state index is 0. The summed E-state index contributed by atoms with van der Waals surface area (Å²) in [4.78, 5) is 16.1. The van der Waals surface area contributed by atoms with E-state index in [1.807, 2.05) is 57.2 Å². The molecule has 5 nitrogen and oxygen atoms in total. The van der Waals surface area contributed by atoms with Crippen LogP contribution in [0.15, 0.2) is 41.4 Å². The molecule has 136 valence electrons. The van der Waals surface area contributed by atoms with Crippen LogP contribution in [0.1, 0.15) is 23.7 Å². The van der Waals surface area contributed by atoms with Crippen molar-refractivity contribution in [3.05, 3.63) is 77.9 Å². The van der Waals surface area contributed by atoms with Crippen molar-refractivity contribution >= 4 is 24.6 Å². The minimum absolute atomic E-state index is 0. The Labute approximate surface area is 171 Å². The molecule has 2 rings (SSSR count). The van der Waals surface area contributed by atoms with E-state index in [1.54, 1.807) is 0 Å². The van der Waals surface area contributed by atoms with Gasteiger partial charge < -0.3 is 17.4 Å². The molecule has 0 spiro atoms. The molecular weight excluding hydrogens is 392 g/mol. The van der Waals surface area contributed by atoms with Crippen LogP contribution in [-0.4, -0.2) is 11.3 Å². The molecule has 0 aliphatic carbocycles. The third-order valence-electron chi connectivity index (χ3n) is 2.41. The fourth-order valence-corrected chi connectivity index (χ4v) is 1.72. The molecule has 1 heterocycles. The van der Waals surface area contributed by atoms with Gasteiger partial charge in [0.2, 0.25) is 0 Å². The van der Waals surface area contributed by atoms with Crippen LogP contribution < -0.4 is 0 Å². The summed E-state index contributed by atoms with van der Waals surface area (Å²) in [6.45, 7) is 23.0. The van der Waals surface area contributed by atoms with E-state index in [-0.39, 0.29) is 17.1 Å². The standard InChI is InChI=1S/C9H9N.C6H7NS.C2H3O.2CO.Fe/c1-7-5-4-6-8(2)9(7)10-3;1-5-3-2-4-6(8)7-5;1-2-3;2*1-2;/h4-6H,1-2H3;2-4H,1H3,(H,7,8);1H3;;;/q;;-1;;;+2/p-1. The molecule has 1 aromatic heterocycles. The fraction of sp³-hybridized carbons (Fsp3) is 0.211. The number of aromatic nitrogens is 1. The molecule has 0 fully saturated rings. The van der Waals surface area contributed by atoms with E-state index in [1.165, 1.54) is 13.2 Å². The summed E-state index contributed by atoms with van der Waals surface area (Å²) < 4.78 is 15.0. The van der Waals surface area contributed by atoms with E-state index in [2.05, 4.69) is 23.1 Å². The summed E-state index contributed by atoms with van der Waals surface area (Å²) in [6.07, 6.45) is 1.50. The molecule has 0 saturated carbocycles. The maximum Gasteiger partial charge on any atom is 2.00 e. The molecule has 26 heavy (non-hydrogen) atoms. The summed E-state index contributed by atoms with van der Waals surface area (Å²) in [5.41, 5.74) is 3.91. The zero-order chi connectivity index (χ0) is 20.3. The van der Waals surface area contributed by atoms with Crippen molar-refractivity contribution in [1.29, 1.82) is 0 Å². The van der Waals surface area contributed by atoms with Crippen LogP contribution >= 0.6 is 0 Å². The van der Waals surface area contributed by atoms with E-state index < -0.39 is 0 Å². The van der Waals surface area contributed by atoms with Crippen LogP contribution in [-0.2, 0) is 43.8 Å². The van der Waals surface area contributed by atoms with Crippen molar-refractivity contribution in [2.24, 2.45) is 0 Å². The van der Waals surface area contributed by atoms with Crippen molar-refractivity contribution in [2.45, 2.75) is 32.7 Å². The maximum absolute atomic E-state index is 8.68. The molecule has 0 aliphatic heterocycles. The summed E-state index contributed by atoms with van der Waals surface area (Å²) in [6, 6.07) is 11.5. The van der Waals surface area contributed by atoms with Crippen LogP contribution in [0.2, 0.25) is 0 Å². The summed E-state index contributed by atoms with van der Waals surface area (Å²) in [5.74, 6) is 0. The van der Waals surface area contributed by atoms with E-state index in [0.29, 0.717) is 5.03 Å². The Morgan fingerprint density at radius 3 is 1.62 bits per heavy atom. The number of carbonyl (C=O) groups excluding carboxylic acids is 1. The Kier molecular flexibility index (Phi) is 27.6. The van der Waals surface area contributed by atoms with Gasteiger partial charge in [-0.3, -0.25) is 11.3 Å². The average Bonchev–Trinajstić information content (AvgIpc) is 2.60. The Balaban J connectivity index is -0.000000136. The van der Waals surface area contributed by atoms with Gasteiger partial charge in [-0.25, -0.2) is 4.85 Å². The van der Waals surface area contributed by atoms with Gasteiger partial charge in [-0.15, -0.1) is 0 Å². The van der Waals surface area contributed by atoms with E-state index in [9.17, 15) is 0 Å². The SMILES string of the molecule is C[C-]=O.Cc1cccc([S-])n1.[C-]#[N+]c1c(C)cccc1C.[C-]#[O+].[C-]#[O+].[Fe+2]. The van der Waals surface area contributed by atoms with Crippen LogP contribution in [0, 0.1) is 40.6 Å². The molecule has 0 bridgehead atoms. The Morgan fingerprint density at radius 2 is 1.38 bits per heavy atom. The maximum atomic E-state index is 8.68. The first-order chi connectivity index (χ1) is 12.0. The minimum Gasteiger partial charge on any atom is 2.00 e. The van der Waals surface area contributed by atoms with Crippen LogP contribution in [0.5, 0.6) is 0 Å². The molecule has 0 N–H and O–H groups in total. The van der Waals surface area contributed by atoms with Crippen LogP contribution in [0.4, 0.5) is 5.69 Å². The summed E-state index contributed by atoms with van der Waals surface area (Å²) in [7, 11) is 0. The number of pyridine rings is 1. The van der Waals surface area contributed by atoms with Crippen LogP contribution in [0.25, 0.3) is 4.85 Å². The van der Waals surface area contributed by atoms with Gasteiger partial charge >= 0.3 is 39.7 Å². The Morgan fingerprint density at radius 1 is 1.00 bits per heavy atom. The average molecular weight is 410 g/mol. The molecule has 2 aromatic rings. The van der Waals surface area contributed by atoms with Crippen molar-refractivity contribution in [2.75, 3.05) is 0 Å². The molecule has 0 saturated heterocycles. The predicted molar refractivity (Wildman–Crippen MR) is 96.0 cm³/mol. The normalized spacial score (nSPS) is 6.88. The first-order valence-electron chi connectivity index (χ1n) is 6.70. The van der Waals surface area contributed by atoms with Crippen molar-refractivity contribution in [3.8, 4) is 0 Å². The molecule has 0 radical (unpaired) electrons. The number of benzene rings is 1. The second-order valence-corrected chi connectivity index (χ2v) is 4.59. The molecule has 1 aromatic carbocycles. The van der Waals surface area contributed by atoms with Gasteiger partial charge in [0.15, 0.2) is 5.69 Å². The molecule has 0 unspecified atom stereocenters. The third-order valence-corrected chi connectivity index (χ3v) is 2.64. The molecular formula is C19H18FeN2O3S. The van der Waals surface area contributed by atoms with Crippen molar-refractivity contribution in [1.82, 2.24) is 4.98 Å². The number of aryl methyl sites for hydroxylation is 3. The number of hydrogen-bond acceptors (Lipinski definition) is 3. The summed E-state index contributed by atoms with van der Waals surface area (Å²) in [5, 5.41) is 0.671. The second kappa shape index (κ2) is 22.7. The molecule has 0 atom stereocenters. The Bertz CT molecular complexity index is 667. The topological polar surface area (TPSA) is 74.1 Å². The number of para-hydroxylation sites is 1. The monoisotopic (exact) mass is 410 g/mol. The number of nitrogens with zero attached hydrogens (tertiary/aromatic N) is 2. The zero-order valence-corrected chi connectivity index (χ0v) is 16.8. The van der Waals surface area contributed by atoms with Gasteiger partial charge in [-0.2, -0.15) is 6.92 Å². The molecule has 7 heteroatoms. The molecule has 0 amide bonds. The van der Waals surface area contributed by atoms with Crippen molar-refractivity contribution in [3.63, 3.8) is 0 Å². The Hall–Kier alpha value is -2.25. The van der Waals surface area contributed by atoms with Gasteiger partial charge in [0.05, 0.1) is 6.57 Å². The molecule has 0 aliphatic rings. The van der Waals surface area contributed by atoms with Crippen LogP contribution in [0.3, 0.4) is 0 Å². The van der Waals surface area contributed by atoms with Gasteiger partial charge in [0, 0.05) is 5.69 Å². The quantitative estimate of drug-likeness (QED) is 0.283. The van der Waals surface area contributed by atoms with Gasteiger partial charge in [0.1, 0.15) is 0 Å².